The fraction of sp³-hybridized carbons (Fsp3) is 0.391. The summed E-state index contributed by atoms with van der Waals surface area (Å²) in [7, 11) is -3.57. The van der Waals surface area contributed by atoms with E-state index in [-0.39, 0.29) is 27.5 Å². The zero-order chi connectivity index (χ0) is 23.6. The Morgan fingerprint density at radius 1 is 1.21 bits per heavy atom. The van der Waals surface area contributed by atoms with Gasteiger partial charge >= 0.3 is 5.97 Å². The van der Waals surface area contributed by atoms with Gasteiger partial charge in [0, 0.05) is 30.3 Å². The molecule has 0 N–H and O–H groups in total. The van der Waals surface area contributed by atoms with Crippen LogP contribution in [0.5, 0.6) is 0 Å². The monoisotopic (exact) mass is 485 g/mol. The van der Waals surface area contributed by atoms with Gasteiger partial charge in [-0.25, -0.2) is 18.2 Å². The van der Waals surface area contributed by atoms with Crippen LogP contribution in [0.4, 0.5) is 0 Å². The number of hydrogen-bond donors (Lipinski definition) is 0. The van der Waals surface area contributed by atoms with Gasteiger partial charge in [0.25, 0.3) is 0 Å². The number of ketones is 1. The van der Waals surface area contributed by atoms with Crippen molar-refractivity contribution in [2.45, 2.75) is 41.5 Å². The van der Waals surface area contributed by atoms with E-state index in [0.717, 1.165) is 31.4 Å². The molecule has 2 aromatic rings. The van der Waals surface area contributed by atoms with Crippen LogP contribution < -0.4 is 0 Å². The molecule has 1 aliphatic carbocycles. The van der Waals surface area contributed by atoms with Crippen molar-refractivity contribution in [3.05, 3.63) is 52.7 Å². The molecule has 4 rings (SSSR count). The molecule has 0 amide bonds. The minimum absolute atomic E-state index is 0.110. The molecule has 33 heavy (non-hydrogen) atoms. The number of sulfonamides is 1. The molecule has 0 unspecified atom stereocenters. The Kier molecular flexibility index (Phi) is 6.83. The lowest BCUT2D eigenvalue weighted by Crippen LogP contribution is -2.27. The molecule has 2 heterocycles. The molecule has 1 saturated heterocycles. The fourth-order valence-electron chi connectivity index (χ4n) is 3.73. The molecule has 0 atom stereocenters. The first-order valence-corrected chi connectivity index (χ1v) is 13.3. The molecule has 8 nitrogen and oxygen atoms in total. The van der Waals surface area contributed by atoms with E-state index >= 15 is 0 Å². The number of esters is 1. The molecule has 2 aliphatic rings. The second-order valence-electron chi connectivity index (χ2n) is 8.00. The van der Waals surface area contributed by atoms with Gasteiger partial charge in [-0.3, -0.25) is 4.79 Å². The molecule has 0 spiro atoms. The van der Waals surface area contributed by atoms with Crippen molar-refractivity contribution in [1.29, 1.82) is 5.26 Å². The van der Waals surface area contributed by atoms with Crippen molar-refractivity contribution in [3.63, 3.8) is 0 Å². The molecule has 10 heteroatoms. The van der Waals surface area contributed by atoms with E-state index in [0.29, 0.717) is 18.1 Å². The summed E-state index contributed by atoms with van der Waals surface area (Å²) in [5.74, 6) is -0.937. The van der Waals surface area contributed by atoms with E-state index in [9.17, 15) is 23.3 Å². The van der Waals surface area contributed by atoms with Gasteiger partial charge < -0.3 is 4.74 Å². The lowest BCUT2D eigenvalue weighted by molar-refractivity contribution is 0.0474. The summed E-state index contributed by atoms with van der Waals surface area (Å²) in [5.41, 5.74) is 1.24. The summed E-state index contributed by atoms with van der Waals surface area (Å²) < 4.78 is 31.9. The zero-order valence-electron chi connectivity index (χ0n) is 18.1. The van der Waals surface area contributed by atoms with Crippen LogP contribution in [0.25, 0.3) is 0 Å². The average molecular weight is 486 g/mol. The number of thioether (sulfide) groups is 1. The van der Waals surface area contributed by atoms with Gasteiger partial charge in [0.15, 0.2) is 12.4 Å². The van der Waals surface area contributed by atoms with Crippen LogP contribution in [-0.2, 0) is 14.8 Å². The maximum Gasteiger partial charge on any atom is 0.340 e. The summed E-state index contributed by atoms with van der Waals surface area (Å²) in [4.78, 5) is 29.9. The van der Waals surface area contributed by atoms with Crippen LogP contribution >= 0.6 is 11.8 Å². The van der Waals surface area contributed by atoms with Gasteiger partial charge in [0.2, 0.25) is 10.0 Å². The number of carbonyl (C=O) groups is 2. The van der Waals surface area contributed by atoms with Crippen molar-refractivity contribution >= 4 is 33.5 Å². The number of Topliss-reactive ketones (excluding diaryl/α,β-unsaturated/α-hetero) is 1. The maximum absolute atomic E-state index is 12.7. The van der Waals surface area contributed by atoms with E-state index in [1.54, 1.807) is 12.3 Å². The number of carbonyl (C=O) groups excluding carboxylic acids is 2. The highest BCUT2D eigenvalue weighted by atomic mass is 32.2. The summed E-state index contributed by atoms with van der Waals surface area (Å²) in [6.07, 6.45) is 5.44. The number of aromatic nitrogens is 1. The topological polar surface area (TPSA) is 117 Å². The number of pyridine rings is 1. The smallest absolute Gasteiger partial charge is 0.340 e. The minimum atomic E-state index is -3.57. The van der Waals surface area contributed by atoms with Gasteiger partial charge in [-0.15, -0.1) is 11.8 Å². The quantitative estimate of drug-likeness (QED) is 0.317. The van der Waals surface area contributed by atoms with Crippen LogP contribution in [0.1, 0.15) is 63.6 Å². The van der Waals surface area contributed by atoms with Gasteiger partial charge in [0.05, 0.1) is 16.0 Å². The van der Waals surface area contributed by atoms with E-state index < -0.39 is 28.4 Å². The lowest BCUT2D eigenvalue weighted by Gasteiger charge is -2.15. The molecule has 0 radical (unpaired) electrons. The highest BCUT2D eigenvalue weighted by molar-refractivity contribution is 7.98. The molecule has 0 bridgehead atoms. The molecule has 1 saturated carbocycles. The Labute approximate surface area is 197 Å². The molecular formula is C23H23N3O5S2. The Morgan fingerprint density at radius 3 is 2.45 bits per heavy atom. The number of rotatable bonds is 8. The summed E-state index contributed by atoms with van der Waals surface area (Å²) in [6, 6.07) is 9.23. The minimum Gasteiger partial charge on any atom is -0.454 e. The number of hydrogen-bond acceptors (Lipinski definition) is 8. The predicted octanol–water partition coefficient (Wildman–Crippen LogP) is 3.38. The lowest BCUT2D eigenvalue weighted by atomic mass is 10.1. The molecule has 2 fully saturated rings. The van der Waals surface area contributed by atoms with E-state index in [1.165, 1.54) is 40.3 Å². The van der Waals surface area contributed by atoms with E-state index in [1.807, 2.05) is 6.07 Å². The SMILES string of the molecule is CSc1nc(C2CC2)cc(C(=O)OCC(=O)c2ccc(S(=O)(=O)N3CCCC3)cc2)c1C#N. The second-order valence-corrected chi connectivity index (χ2v) is 10.7. The van der Waals surface area contributed by atoms with Crippen molar-refractivity contribution in [3.8, 4) is 6.07 Å². The van der Waals surface area contributed by atoms with Gasteiger partial charge in [-0.1, -0.05) is 0 Å². The molecule has 1 aromatic carbocycles. The highest BCUT2D eigenvalue weighted by Crippen LogP contribution is 2.40. The van der Waals surface area contributed by atoms with E-state index in [4.69, 9.17) is 4.74 Å². The summed E-state index contributed by atoms with van der Waals surface area (Å²) in [5, 5.41) is 9.99. The average Bonchev–Trinajstić information content (AvgIpc) is 3.53. The zero-order valence-corrected chi connectivity index (χ0v) is 19.7. The first-order valence-electron chi connectivity index (χ1n) is 10.6. The van der Waals surface area contributed by atoms with Gasteiger partial charge in [0.1, 0.15) is 11.1 Å². The van der Waals surface area contributed by atoms with Crippen molar-refractivity contribution < 1.29 is 22.7 Å². The Hall–Kier alpha value is -2.74. The van der Waals surface area contributed by atoms with Crippen LogP contribution in [0.15, 0.2) is 40.3 Å². The van der Waals surface area contributed by atoms with Crippen LogP contribution in [-0.4, -0.2) is 55.4 Å². The molecule has 1 aliphatic heterocycles. The van der Waals surface area contributed by atoms with Crippen molar-refractivity contribution in [2.24, 2.45) is 0 Å². The first-order chi connectivity index (χ1) is 15.8. The number of ether oxygens (including phenoxy) is 1. The van der Waals surface area contributed by atoms with Crippen LogP contribution in [0, 0.1) is 11.3 Å². The predicted molar refractivity (Wildman–Crippen MR) is 122 cm³/mol. The standard InChI is InChI=1S/C23H23N3O5S2/c1-32-22-19(13-24)18(12-20(25-22)15-4-5-15)23(28)31-14-21(27)16-6-8-17(9-7-16)33(29,30)26-10-2-3-11-26/h6-9,12,15H,2-5,10-11,14H2,1H3. The highest BCUT2D eigenvalue weighted by Gasteiger charge is 2.29. The summed E-state index contributed by atoms with van der Waals surface area (Å²) >= 11 is 1.28. The second kappa shape index (κ2) is 9.63. The third kappa shape index (κ3) is 4.95. The summed E-state index contributed by atoms with van der Waals surface area (Å²) in [6.45, 7) is 0.482. The Balaban J connectivity index is 1.45. The van der Waals surface area contributed by atoms with Crippen LogP contribution in [0.2, 0.25) is 0 Å². The number of nitriles is 1. The Bertz CT molecular complexity index is 1230. The van der Waals surface area contributed by atoms with E-state index in [2.05, 4.69) is 4.98 Å². The Morgan fingerprint density at radius 2 is 1.88 bits per heavy atom. The number of benzene rings is 1. The normalized spacial score (nSPS) is 16.4. The molecule has 172 valence electrons. The molecular weight excluding hydrogens is 462 g/mol. The van der Waals surface area contributed by atoms with Gasteiger partial charge in [-0.2, -0.15) is 9.57 Å². The van der Waals surface area contributed by atoms with Crippen molar-refractivity contribution in [2.75, 3.05) is 26.0 Å². The fourth-order valence-corrected chi connectivity index (χ4v) is 5.80. The number of nitrogens with zero attached hydrogens (tertiary/aromatic N) is 3. The first kappa shape index (κ1) is 23.4. The van der Waals surface area contributed by atoms with Crippen LogP contribution in [0.3, 0.4) is 0 Å². The third-order valence-corrected chi connectivity index (χ3v) is 8.34. The maximum atomic E-state index is 12.7. The largest absolute Gasteiger partial charge is 0.454 e. The molecule has 1 aromatic heterocycles. The van der Waals surface area contributed by atoms with Crippen molar-refractivity contribution in [1.82, 2.24) is 9.29 Å². The van der Waals surface area contributed by atoms with Gasteiger partial charge in [-0.05, 0) is 62.3 Å². The third-order valence-electron chi connectivity index (χ3n) is 5.74.